The summed E-state index contributed by atoms with van der Waals surface area (Å²) in [5.41, 5.74) is 0.761. The summed E-state index contributed by atoms with van der Waals surface area (Å²) in [6.07, 6.45) is -4.81. The Hall–Kier alpha value is -2.39. The Morgan fingerprint density at radius 1 is 1.23 bits per heavy atom. The van der Waals surface area contributed by atoms with Crippen LogP contribution in [0.1, 0.15) is 17.1 Å². The Bertz CT molecular complexity index is 983. The smallest absolute Gasteiger partial charge is 0.310 e. The molecular formula is C15H10Cl2F3N5O. The topological polar surface area (TPSA) is 72.2 Å². The van der Waals surface area contributed by atoms with Crippen molar-refractivity contribution < 1.29 is 18.0 Å². The predicted octanol–water partition coefficient (Wildman–Crippen LogP) is 3.94. The van der Waals surface area contributed by atoms with Crippen molar-refractivity contribution >= 4 is 40.7 Å². The largest absolute Gasteiger partial charge is 0.453 e. The number of alkyl halides is 3. The molecule has 0 radical (unpaired) electrons. The van der Waals surface area contributed by atoms with Gasteiger partial charge in [-0.2, -0.15) is 23.1 Å². The Kier molecular flexibility index (Phi) is 4.76. The van der Waals surface area contributed by atoms with E-state index < -0.39 is 17.9 Å². The molecule has 26 heavy (non-hydrogen) atoms. The minimum Gasteiger partial charge on any atom is -0.310 e. The number of anilines is 1. The lowest BCUT2D eigenvalue weighted by Crippen LogP contribution is -2.16. The normalized spacial score (nSPS) is 11.8. The molecule has 0 aliphatic carbocycles. The molecule has 0 unspecified atom stereocenters. The summed E-state index contributed by atoms with van der Waals surface area (Å²) < 4.78 is 39.1. The van der Waals surface area contributed by atoms with Crippen molar-refractivity contribution in [3.05, 3.63) is 51.4 Å². The molecule has 0 bridgehead atoms. The number of hydrogen-bond donors (Lipinski definition) is 1. The molecule has 1 amide bonds. The molecule has 3 rings (SSSR count). The highest BCUT2D eigenvalue weighted by molar-refractivity contribution is 6.36. The quantitative estimate of drug-likeness (QED) is 0.718. The van der Waals surface area contributed by atoms with Gasteiger partial charge in [-0.05, 0) is 24.6 Å². The van der Waals surface area contributed by atoms with Crippen LogP contribution in [-0.2, 0) is 17.4 Å². The van der Waals surface area contributed by atoms with Crippen LogP contribution in [0.15, 0.2) is 24.3 Å². The third-order valence-corrected chi connectivity index (χ3v) is 4.12. The van der Waals surface area contributed by atoms with Gasteiger partial charge in [-0.25, -0.2) is 4.52 Å². The minimum absolute atomic E-state index is 0.0456. The summed E-state index contributed by atoms with van der Waals surface area (Å²) in [5, 5.41) is 6.53. The van der Waals surface area contributed by atoms with Gasteiger partial charge in [0.1, 0.15) is 5.82 Å². The molecule has 1 aromatic carbocycles. The number of nitrogens with one attached hydrogen (secondary N) is 1. The SMILES string of the molecule is Cc1cc(NC(=O)Cc2c(Cl)cccc2Cl)nc2nc(C(F)(F)F)nn12. The second kappa shape index (κ2) is 6.73. The average Bonchev–Trinajstić information content (AvgIpc) is 2.96. The molecule has 1 N–H and O–H groups in total. The first-order valence-corrected chi connectivity index (χ1v) is 7.95. The summed E-state index contributed by atoms with van der Waals surface area (Å²) in [6, 6.07) is 6.22. The van der Waals surface area contributed by atoms with Crippen LogP contribution >= 0.6 is 23.2 Å². The third-order valence-electron chi connectivity index (χ3n) is 3.41. The Morgan fingerprint density at radius 2 is 1.88 bits per heavy atom. The first-order valence-electron chi connectivity index (χ1n) is 7.19. The van der Waals surface area contributed by atoms with Gasteiger partial charge in [0.25, 0.3) is 11.6 Å². The van der Waals surface area contributed by atoms with E-state index in [-0.39, 0.29) is 18.0 Å². The number of amides is 1. The first-order chi connectivity index (χ1) is 12.1. The number of nitrogens with zero attached hydrogens (tertiary/aromatic N) is 4. The van der Waals surface area contributed by atoms with Gasteiger partial charge in [0.15, 0.2) is 0 Å². The number of rotatable bonds is 3. The zero-order chi connectivity index (χ0) is 19.1. The van der Waals surface area contributed by atoms with E-state index in [0.717, 1.165) is 4.52 Å². The lowest BCUT2D eigenvalue weighted by Gasteiger charge is -2.08. The van der Waals surface area contributed by atoms with Crippen LogP contribution in [-0.4, -0.2) is 25.5 Å². The van der Waals surface area contributed by atoms with Gasteiger partial charge < -0.3 is 5.32 Å². The van der Waals surface area contributed by atoms with Crippen molar-refractivity contribution in [2.24, 2.45) is 0 Å². The van der Waals surface area contributed by atoms with Crippen LogP contribution < -0.4 is 5.32 Å². The van der Waals surface area contributed by atoms with Crippen LogP contribution in [0.25, 0.3) is 5.78 Å². The second-order valence-corrected chi connectivity index (χ2v) is 6.17. The van der Waals surface area contributed by atoms with Crippen molar-refractivity contribution in [3.63, 3.8) is 0 Å². The molecule has 3 aromatic rings. The zero-order valence-electron chi connectivity index (χ0n) is 13.1. The Morgan fingerprint density at radius 3 is 2.50 bits per heavy atom. The highest BCUT2D eigenvalue weighted by Crippen LogP contribution is 2.27. The summed E-state index contributed by atoms with van der Waals surface area (Å²) in [6.45, 7) is 1.52. The number of benzene rings is 1. The van der Waals surface area contributed by atoms with Crippen LogP contribution in [0.5, 0.6) is 0 Å². The minimum atomic E-state index is -4.69. The Balaban J connectivity index is 1.85. The van der Waals surface area contributed by atoms with Crippen molar-refractivity contribution in [3.8, 4) is 0 Å². The van der Waals surface area contributed by atoms with Gasteiger partial charge in [-0.15, -0.1) is 5.10 Å². The molecule has 0 aliphatic heterocycles. The molecule has 2 heterocycles. The van der Waals surface area contributed by atoms with Gasteiger partial charge in [-0.3, -0.25) is 4.79 Å². The van der Waals surface area contributed by atoms with Crippen LogP contribution in [0, 0.1) is 6.92 Å². The summed E-state index contributed by atoms with van der Waals surface area (Å²) >= 11 is 12.0. The molecule has 0 saturated heterocycles. The van der Waals surface area contributed by atoms with E-state index in [1.807, 2.05) is 0 Å². The van der Waals surface area contributed by atoms with E-state index in [1.165, 1.54) is 13.0 Å². The number of aromatic nitrogens is 4. The molecule has 6 nitrogen and oxygen atoms in total. The number of carbonyl (C=O) groups excluding carboxylic acids is 1. The maximum absolute atomic E-state index is 12.7. The highest BCUT2D eigenvalue weighted by Gasteiger charge is 2.36. The lowest BCUT2D eigenvalue weighted by atomic mass is 10.1. The molecule has 0 fully saturated rings. The first kappa shape index (κ1) is 18.4. The van der Waals surface area contributed by atoms with Gasteiger partial charge in [0.05, 0.1) is 6.42 Å². The molecule has 0 atom stereocenters. The van der Waals surface area contributed by atoms with E-state index in [9.17, 15) is 18.0 Å². The number of halogens is 5. The molecule has 0 saturated carbocycles. The fraction of sp³-hybridized carbons (Fsp3) is 0.200. The molecule has 11 heteroatoms. The number of fused-ring (bicyclic) bond motifs is 1. The summed E-state index contributed by atoms with van der Waals surface area (Å²) in [5.74, 6) is -2.01. The van der Waals surface area contributed by atoms with Crippen LogP contribution in [0.4, 0.5) is 19.0 Å². The maximum atomic E-state index is 12.7. The molecule has 0 spiro atoms. The number of aryl methyl sites for hydroxylation is 1. The second-order valence-electron chi connectivity index (χ2n) is 5.35. The number of carbonyl (C=O) groups is 1. The van der Waals surface area contributed by atoms with Crippen molar-refractivity contribution in [2.45, 2.75) is 19.5 Å². The molecule has 0 aliphatic rings. The van der Waals surface area contributed by atoms with E-state index in [0.29, 0.717) is 21.3 Å². The van der Waals surface area contributed by atoms with Gasteiger partial charge in [0, 0.05) is 21.8 Å². The van der Waals surface area contributed by atoms with E-state index in [4.69, 9.17) is 23.2 Å². The number of hydrogen-bond acceptors (Lipinski definition) is 4. The highest BCUT2D eigenvalue weighted by atomic mass is 35.5. The zero-order valence-corrected chi connectivity index (χ0v) is 14.6. The fourth-order valence-electron chi connectivity index (χ4n) is 2.24. The molecule has 136 valence electrons. The maximum Gasteiger partial charge on any atom is 0.453 e. The van der Waals surface area contributed by atoms with Crippen LogP contribution in [0.3, 0.4) is 0 Å². The van der Waals surface area contributed by atoms with Gasteiger partial charge >= 0.3 is 6.18 Å². The Labute approximate surface area is 155 Å². The van der Waals surface area contributed by atoms with E-state index in [1.54, 1.807) is 18.2 Å². The standard InChI is InChI=1S/C15H10Cl2F3N5O/c1-7-5-11(22-14-23-13(15(18,19)20)24-25(7)14)21-12(26)6-8-9(16)3-2-4-10(8)17/h2-5H,6H2,1H3,(H,21,22,23,24,26). The summed E-state index contributed by atoms with van der Waals surface area (Å²) in [4.78, 5) is 19.4. The lowest BCUT2D eigenvalue weighted by molar-refractivity contribution is -0.144. The summed E-state index contributed by atoms with van der Waals surface area (Å²) in [7, 11) is 0. The van der Waals surface area contributed by atoms with E-state index >= 15 is 0 Å². The van der Waals surface area contributed by atoms with E-state index in [2.05, 4.69) is 20.4 Å². The van der Waals surface area contributed by atoms with Crippen molar-refractivity contribution in [2.75, 3.05) is 5.32 Å². The molecule has 2 aromatic heterocycles. The molecular weight excluding hydrogens is 394 g/mol. The van der Waals surface area contributed by atoms with Gasteiger partial charge in [0.2, 0.25) is 5.91 Å². The average molecular weight is 404 g/mol. The van der Waals surface area contributed by atoms with Crippen LogP contribution in [0.2, 0.25) is 10.0 Å². The van der Waals surface area contributed by atoms with Gasteiger partial charge in [-0.1, -0.05) is 29.3 Å². The predicted molar refractivity (Wildman–Crippen MR) is 89.3 cm³/mol. The monoisotopic (exact) mass is 403 g/mol. The fourth-order valence-corrected chi connectivity index (χ4v) is 2.78. The third kappa shape index (κ3) is 3.73. The van der Waals surface area contributed by atoms with Crippen molar-refractivity contribution in [1.82, 2.24) is 19.6 Å². The van der Waals surface area contributed by atoms with Crippen molar-refractivity contribution in [1.29, 1.82) is 0 Å².